The number of phenols is 6. The second-order valence-electron chi connectivity index (χ2n) is 10.1. The van der Waals surface area contributed by atoms with Crippen molar-refractivity contribution in [2.45, 2.75) is 37.3 Å². The van der Waals surface area contributed by atoms with Crippen LogP contribution in [0.2, 0.25) is 0 Å². The summed E-state index contributed by atoms with van der Waals surface area (Å²) in [5.41, 5.74) is -0.578. The molecule has 4 atom stereocenters. The highest BCUT2D eigenvalue weighted by atomic mass is 16.5. The van der Waals surface area contributed by atoms with Crippen LogP contribution in [-0.4, -0.2) is 58.2 Å². The van der Waals surface area contributed by atoms with Gasteiger partial charge in [-0.25, -0.2) is 0 Å². The number of hydrogen-bond acceptors (Lipinski definition) is 12. The second kappa shape index (κ2) is 9.25. The van der Waals surface area contributed by atoms with Crippen molar-refractivity contribution in [1.29, 1.82) is 0 Å². The van der Waals surface area contributed by atoms with Crippen LogP contribution >= 0.6 is 0 Å². The van der Waals surface area contributed by atoms with Gasteiger partial charge in [0.05, 0.1) is 17.6 Å². The fourth-order valence-electron chi connectivity index (χ4n) is 5.49. The minimum absolute atomic E-state index is 0.00519. The number of phenolic OH excluding ortho intramolecular Hbond substituents is 6. The normalized spacial score (nSPS) is 21.4. The number of benzene rings is 3. The molecule has 0 amide bonds. The first-order valence-corrected chi connectivity index (χ1v) is 12.5. The Morgan fingerprint density at radius 3 is 1.73 bits per heavy atom. The Morgan fingerprint density at radius 1 is 0.610 bits per heavy atom. The molecule has 4 aromatic rings. The van der Waals surface area contributed by atoms with Crippen LogP contribution in [0.25, 0.3) is 10.8 Å². The Bertz CT molecular complexity index is 1800. The number of ether oxygens (including phenoxy) is 2. The standard InChI is InChI=1S/C29H24O12/c30-12-4-17(32)14-8-20(35)28(40-22(14)6-12)11-1-10-2-16(25(37)27(39)24(10)26(38)19(34)3-11)29-21(36)9-15-18(33)5-13(31)7-23(15)41-29/h1-7,20-21,28-33,35-37,39H,8-9H2,(H,34,38)/t20-,21-,28-,29+/m1/s1. The van der Waals surface area contributed by atoms with Gasteiger partial charge in [0.1, 0.15) is 40.6 Å². The molecule has 6 rings (SSSR count). The van der Waals surface area contributed by atoms with Crippen molar-refractivity contribution in [3.63, 3.8) is 0 Å². The molecule has 2 aliphatic heterocycles. The molecule has 0 aromatic heterocycles. The zero-order chi connectivity index (χ0) is 29.3. The molecule has 0 bridgehead atoms. The summed E-state index contributed by atoms with van der Waals surface area (Å²) in [4.78, 5) is 12.9. The SMILES string of the molecule is O=c1cc([C@H]2Oc3cc(O)cc(O)c3C[C@H]2O)cc2cc([C@@H]3Oc4cc(O)cc(O)c4C[C@H]3O)c(O)c(O)c2c1O. The van der Waals surface area contributed by atoms with Crippen LogP contribution in [0, 0.1) is 0 Å². The Balaban J connectivity index is 1.50. The molecule has 0 saturated carbocycles. The summed E-state index contributed by atoms with van der Waals surface area (Å²) in [5.74, 6) is -3.66. The fourth-order valence-corrected chi connectivity index (χ4v) is 5.49. The van der Waals surface area contributed by atoms with Crippen LogP contribution in [-0.2, 0) is 12.8 Å². The van der Waals surface area contributed by atoms with E-state index in [1.165, 1.54) is 24.3 Å². The highest BCUT2D eigenvalue weighted by molar-refractivity contribution is 5.96. The molecule has 0 unspecified atom stereocenters. The molecule has 0 spiro atoms. The maximum atomic E-state index is 12.9. The van der Waals surface area contributed by atoms with Crippen LogP contribution in [0.5, 0.6) is 51.7 Å². The fraction of sp³-hybridized carbons (Fsp3) is 0.207. The average molecular weight is 564 g/mol. The summed E-state index contributed by atoms with van der Waals surface area (Å²) in [6.07, 6.45) is -5.35. The van der Waals surface area contributed by atoms with Crippen molar-refractivity contribution in [3.05, 3.63) is 74.9 Å². The van der Waals surface area contributed by atoms with Crippen LogP contribution in [0.15, 0.2) is 47.3 Å². The van der Waals surface area contributed by atoms with Gasteiger partial charge in [-0.3, -0.25) is 4.79 Å². The number of aromatic hydroxyl groups is 7. The summed E-state index contributed by atoms with van der Waals surface area (Å²) in [6.45, 7) is 0. The number of aliphatic hydroxyl groups excluding tert-OH is 2. The molecule has 0 radical (unpaired) electrons. The summed E-state index contributed by atoms with van der Waals surface area (Å²) < 4.78 is 11.6. The molecular weight excluding hydrogens is 540 g/mol. The molecule has 0 aliphatic carbocycles. The van der Waals surface area contributed by atoms with Gasteiger partial charge >= 0.3 is 0 Å². The summed E-state index contributed by atoms with van der Waals surface area (Å²) >= 11 is 0. The monoisotopic (exact) mass is 564 g/mol. The van der Waals surface area contributed by atoms with Crippen LogP contribution < -0.4 is 14.9 Å². The van der Waals surface area contributed by atoms with Crippen molar-refractivity contribution < 1.29 is 55.4 Å². The zero-order valence-corrected chi connectivity index (χ0v) is 21.0. The molecular formula is C29H24O12. The molecule has 12 nitrogen and oxygen atoms in total. The molecule has 9 N–H and O–H groups in total. The number of hydrogen-bond donors (Lipinski definition) is 9. The molecule has 0 fully saturated rings. The van der Waals surface area contributed by atoms with E-state index in [4.69, 9.17) is 9.47 Å². The van der Waals surface area contributed by atoms with Crippen LogP contribution in [0.3, 0.4) is 0 Å². The predicted molar refractivity (Wildman–Crippen MR) is 141 cm³/mol. The Hall–Kier alpha value is -5.07. The summed E-state index contributed by atoms with van der Waals surface area (Å²) in [7, 11) is 0. The van der Waals surface area contributed by atoms with E-state index in [-0.39, 0.29) is 75.0 Å². The Labute approximate surface area is 230 Å². The van der Waals surface area contributed by atoms with Gasteiger partial charge in [-0.1, -0.05) is 0 Å². The highest BCUT2D eigenvalue weighted by Gasteiger charge is 2.36. The van der Waals surface area contributed by atoms with Crippen molar-refractivity contribution >= 4 is 10.8 Å². The molecule has 41 heavy (non-hydrogen) atoms. The minimum Gasteiger partial charge on any atom is -0.508 e. The maximum absolute atomic E-state index is 12.9. The van der Waals surface area contributed by atoms with Crippen molar-refractivity contribution in [3.8, 4) is 51.7 Å². The van der Waals surface area contributed by atoms with E-state index in [2.05, 4.69) is 0 Å². The van der Waals surface area contributed by atoms with E-state index in [0.717, 1.165) is 18.2 Å². The first-order chi connectivity index (χ1) is 19.4. The predicted octanol–water partition coefficient (Wildman–Crippen LogP) is 2.21. The zero-order valence-electron chi connectivity index (χ0n) is 21.0. The molecule has 2 heterocycles. The van der Waals surface area contributed by atoms with Gasteiger partial charge in [0.2, 0.25) is 5.43 Å². The maximum Gasteiger partial charge on any atom is 0.221 e. The highest BCUT2D eigenvalue weighted by Crippen LogP contribution is 2.48. The first-order valence-electron chi connectivity index (χ1n) is 12.5. The van der Waals surface area contributed by atoms with Gasteiger partial charge in [0, 0.05) is 53.8 Å². The lowest BCUT2D eigenvalue weighted by Crippen LogP contribution is -2.30. The number of rotatable bonds is 2. The van der Waals surface area contributed by atoms with Crippen molar-refractivity contribution in [2.24, 2.45) is 0 Å². The topological polar surface area (TPSA) is 218 Å². The van der Waals surface area contributed by atoms with E-state index < -0.39 is 52.5 Å². The quantitative estimate of drug-likeness (QED) is 0.160. The lowest BCUT2D eigenvalue weighted by molar-refractivity contribution is 0.0184. The van der Waals surface area contributed by atoms with Gasteiger partial charge in [0.25, 0.3) is 0 Å². The smallest absolute Gasteiger partial charge is 0.221 e. The van der Waals surface area contributed by atoms with Crippen LogP contribution in [0.1, 0.15) is 34.5 Å². The van der Waals surface area contributed by atoms with Crippen molar-refractivity contribution in [1.82, 2.24) is 0 Å². The largest absolute Gasteiger partial charge is 0.508 e. The van der Waals surface area contributed by atoms with Gasteiger partial charge < -0.3 is 55.4 Å². The minimum atomic E-state index is -1.33. The number of fused-ring (bicyclic) bond motifs is 3. The van der Waals surface area contributed by atoms with E-state index in [1.54, 1.807) is 0 Å². The Kier molecular flexibility index (Phi) is 5.90. The van der Waals surface area contributed by atoms with E-state index in [0.29, 0.717) is 0 Å². The van der Waals surface area contributed by atoms with Crippen LogP contribution in [0.4, 0.5) is 0 Å². The lowest BCUT2D eigenvalue weighted by Gasteiger charge is -2.32. The summed E-state index contributed by atoms with van der Waals surface area (Å²) in [6, 6.07) is 8.23. The van der Waals surface area contributed by atoms with Gasteiger partial charge in [0.15, 0.2) is 23.4 Å². The molecule has 12 heteroatoms. The first kappa shape index (κ1) is 26.2. The molecule has 212 valence electrons. The second-order valence-corrected chi connectivity index (χ2v) is 10.1. The molecule has 2 aliphatic rings. The third-order valence-corrected chi connectivity index (χ3v) is 7.43. The molecule has 0 saturated heterocycles. The van der Waals surface area contributed by atoms with Crippen molar-refractivity contribution in [2.75, 3.05) is 0 Å². The summed E-state index contributed by atoms with van der Waals surface area (Å²) in [5, 5.41) is 93.8. The third-order valence-electron chi connectivity index (χ3n) is 7.43. The third kappa shape index (κ3) is 4.20. The van der Waals surface area contributed by atoms with Gasteiger partial charge in [-0.2, -0.15) is 0 Å². The lowest BCUT2D eigenvalue weighted by atomic mass is 9.91. The van der Waals surface area contributed by atoms with E-state index >= 15 is 0 Å². The van der Waals surface area contributed by atoms with E-state index in [9.17, 15) is 50.8 Å². The molecule has 4 aromatic carbocycles. The van der Waals surface area contributed by atoms with Gasteiger partial charge in [-0.15, -0.1) is 0 Å². The van der Waals surface area contributed by atoms with E-state index in [1.807, 2.05) is 0 Å². The average Bonchev–Trinajstić information content (AvgIpc) is 3.02. The van der Waals surface area contributed by atoms with Gasteiger partial charge in [-0.05, 0) is 29.1 Å². The number of aliphatic hydroxyl groups is 2. The Morgan fingerprint density at radius 2 is 1.15 bits per heavy atom.